The van der Waals surface area contributed by atoms with Gasteiger partial charge in [0, 0.05) is 10.9 Å². The Morgan fingerprint density at radius 3 is 2.44 bits per heavy atom. The van der Waals surface area contributed by atoms with Crippen molar-refractivity contribution in [2.75, 3.05) is 7.05 Å². The van der Waals surface area contributed by atoms with Crippen molar-refractivity contribution in [3.63, 3.8) is 0 Å². The summed E-state index contributed by atoms with van der Waals surface area (Å²) in [5, 5.41) is 5.18. The van der Waals surface area contributed by atoms with Crippen LogP contribution >= 0.6 is 23.2 Å². The highest BCUT2D eigenvalue weighted by molar-refractivity contribution is 6.44. The van der Waals surface area contributed by atoms with E-state index < -0.39 is 0 Å². The molecule has 0 aliphatic rings. The van der Waals surface area contributed by atoms with Gasteiger partial charge >= 0.3 is 0 Å². The van der Waals surface area contributed by atoms with Gasteiger partial charge in [0.15, 0.2) is 5.58 Å². The van der Waals surface area contributed by atoms with Crippen molar-refractivity contribution in [3.8, 4) is 0 Å². The number of hydrogen-bond donors (Lipinski definition) is 1. The van der Waals surface area contributed by atoms with Crippen LogP contribution in [0.25, 0.3) is 11.0 Å². The molecule has 0 amide bonds. The van der Waals surface area contributed by atoms with Gasteiger partial charge in [-0.25, -0.2) is 0 Å². The first-order chi connectivity index (χ1) is 8.36. The van der Waals surface area contributed by atoms with Gasteiger partial charge in [-0.15, -0.1) is 0 Å². The lowest BCUT2D eigenvalue weighted by molar-refractivity contribution is 0.495. The van der Waals surface area contributed by atoms with E-state index >= 15 is 0 Å². The number of fused-ring (bicyclic) bond motifs is 1. The molecule has 0 atom stereocenters. The zero-order chi connectivity index (χ0) is 13.5. The molecule has 2 rings (SSSR count). The van der Waals surface area contributed by atoms with Crippen LogP contribution in [-0.2, 0) is 12.0 Å². The van der Waals surface area contributed by atoms with Crippen molar-refractivity contribution >= 4 is 34.2 Å². The van der Waals surface area contributed by atoms with Crippen molar-refractivity contribution < 1.29 is 4.42 Å². The first-order valence-electron chi connectivity index (χ1n) is 5.90. The van der Waals surface area contributed by atoms with E-state index in [1.807, 2.05) is 19.2 Å². The minimum atomic E-state index is -0.00537. The Morgan fingerprint density at radius 1 is 1.22 bits per heavy atom. The number of hydrogen-bond acceptors (Lipinski definition) is 2. The Labute approximate surface area is 117 Å². The average molecular weight is 286 g/mol. The third kappa shape index (κ3) is 2.25. The Balaban J connectivity index is 2.80. The summed E-state index contributed by atoms with van der Waals surface area (Å²) in [6, 6.07) is 3.80. The third-order valence-electron chi connectivity index (χ3n) is 2.91. The van der Waals surface area contributed by atoms with Gasteiger partial charge in [0.05, 0.1) is 11.6 Å². The number of halogens is 2. The maximum atomic E-state index is 6.22. The number of benzene rings is 1. The molecule has 0 saturated carbocycles. The summed E-state index contributed by atoms with van der Waals surface area (Å²) in [7, 11) is 1.90. The summed E-state index contributed by atoms with van der Waals surface area (Å²) in [5.74, 6) is 0.921. The Bertz CT molecular complexity index is 581. The van der Waals surface area contributed by atoms with E-state index in [1.54, 1.807) is 0 Å². The van der Waals surface area contributed by atoms with Crippen LogP contribution in [0.2, 0.25) is 10.0 Å². The molecule has 0 bridgehead atoms. The molecule has 0 aliphatic carbocycles. The first kappa shape index (κ1) is 13.7. The van der Waals surface area contributed by atoms with E-state index in [9.17, 15) is 0 Å². The largest absolute Gasteiger partial charge is 0.458 e. The fourth-order valence-corrected chi connectivity index (χ4v) is 2.61. The first-order valence-corrected chi connectivity index (χ1v) is 6.66. The number of rotatable bonds is 2. The molecule has 1 aromatic heterocycles. The lowest BCUT2D eigenvalue weighted by Gasteiger charge is -2.19. The Kier molecular flexibility index (Phi) is 3.63. The van der Waals surface area contributed by atoms with Gasteiger partial charge in [-0.2, -0.15) is 0 Å². The van der Waals surface area contributed by atoms with E-state index in [0.29, 0.717) is 22.2 Å². The quantitative estimate of drug-likeness (QED) is 0.861. The molecule has 98 valence electrons. The fourth-order valence-electron chi connectivity index (χ4n) is 2.26. The smallest absolute Gasteiger partial charge is 0.154 e. The lowest BCUT2D eigenvalue weighted by Crippen LogP contribution is -2.15. The molecular weight excluding hydrogens is 269 g/mol. The summed E-state index contributed by atoms with van der Waals surface area (Å²) >= 11 is 12.2. The van der Waals surface area contributed by atoms with Crippen molar-refractivity contribution in [2.45, 2.75) is 32.7 Å². The lowest BCUT2D eigenvalue weighted by atomic mass is 9.85. The van der Waals surface area contributed by atoms with Gasteiger partial charge in [-0.3, -0.25) is 0 Å². The van der Waals surface area contributed by atoms with Crippen LogP contribution < -0.4 is 5.32 Å². The summed E-state index contributed by atoms with van der Waals surface area (Å²) in [4.78, 5) is 0. The topological polar surface area (TPSA) is 25.2 Å². The average Bonchev–Trinajstić information content (AvgIpc) is 2.63. The molecule has 0 radical (unpaired) electrons. The molecule has 18 heavy (non-hydrogen) atoms. The number of furan rings is 1. The zero-order valence-corrected chi connectivity index (χ0v) is 12.5. The highest BCUT2D eigenvalue weighted by atomic mass is 35.5. The zero-order valence-electron chi connectivity index (χ0n) is 11.0. The van der Waals surface area contributed by atoms with Crippen molar-refractivity contribution in [3.05, 3.63) is 33.5 Å². The van der Waals surface area contributed by atoms with Crippen LogP contribution in [0.5, 0.6) is 0 Å². The number of nitrogens with one attached hydrogen (secondary N) is 1. The molecule has 2 nitrogen and oxygen atoms in total. The van der Waals surface area contributed by atoms with Crippen LogP contribution in [0.1, 0.15) is 32.1 Å². The molecule has 1 aromatic carbocycles. The third-order valence-corrected chi connectivity index (χ3v) is 3.70. The molecule has 0 fully saturated rings. The highest BCUT2D eigenvalue weighted by Crippen LogP contribution is 2.40. The molecule has 0 unspecified atom stereocenters. The molecular formula is C14H17Cl2NO. The predicted molar refractivity (Wildman–Crippen MR) is 77.7 cm³/mol. The minimum absolute atomic E-state index is 0.00537. The second-order valence-electron chi connectivity index (χ2n) is 5.42. The fraction of sp³-hybridized carbons (Fsp3) is 0.429. The van der Waals surface area contributed by atoms with Crippen LogP contribution in [-0.4, -0.2) is 7.05 Å². The van der Waals surface area contributed by atoms with E-state index in [4.69, 9.17) is 27.6 Å². The SMILES string of the molecule is CNCc1oc2c(Cl)c(Cl)ccc2c1C(C)(C)C. The summed E-state index contributed by atoms with van der Waals surface area (Å²) < 4.78 is 5.90. The standard InChI is InChI=1S/C14H17Cl2NO/c1-14(2,3)11-8-5-6-9(15)12(16)13(8)18-10(11)7-17-4/h5-6,17H,7H2,1-4H3. The summed E-state index contributed by atoms with van der Waals surface area (Å²) in [6.45, 7) is 7.17. The van der Waals surface area contributed by atoms with Crippen LogP contribution in [0.4, 0.5) is 0 Å². The molecule has 0 saturated heterocycles. The highest BCUT2D eigenvalue weighted by Gasteiger charge is 2.26. The van der Waals surface area contributed by atoms with Crippen LogP contribution in [0, 0.1) is 0 Å². The minimum Gasteiger partial charge on any atom is -0.458 e. The van der Waals surface area contributed by atoms with Gasteiger partial charge in [-0.1, -0.05) is 44.0 Å². The molecule has 0 spiro atoms. The van der Waals surface area contributed by atoms with Gasteiger partial charge in [0.1, 0.15) is 10.8 Å². The van der Waals surface area contributed by atoms with Gasteiger partial charge in [0.2, 0.25) is 0 Å². The van der Waals surface area contributed by atoms with Crippen molar-refractivity contribution in [2.24, 2.45) is 0 Å². The van der Waals surface area contributed by atoms with Crippen LogP contribution in [0.15, 0.2) is 16.5 Å². The molecule has 1 N–H and O–H groups in total. The monoisotopic (exact) mass is 285 g/mol. The summed E-state index contributed by atoms with van der Waals surface area (Å²) in [6.07, 6.45) is 0. The van der Waals surface area contributed by atoms with E-state index in [-0.39, 0.29) is 5.41 Å². The summed E-state index contributed by atoms with van der Waals surface area (Å²) in [5.41, 5.74) is 1.86. The Morgan fingerprint density at radius 2 is 1.89 bits per heavy atom. The van der Waals surface area contributed by atoms with Gasteiger partial charge in [0.25, 0.3) is 0 Å². The van der Waals surface area contributed by atoms with Crippen molar-refractivity contribution in [1.29, 1.82) is 0 Å². The van der Waals surface area contributed by atoms with Crippen LogP contribution in [0.3, 0.4) is 0 Å². The van der Waals surface area contributed by atoms with E-state index in [2.05, 4.69) is 26.1 Å². The maximum Gasteiger partial charge on any atom is 0.154 e. The molecule has 0 aliphatic heterocycles. The van der Waals surface area contributed by atoms with Gasteiger partial charge < -0.3 is 9.73 Å². The van der Waals surface area contributed by atoms with Crippen molar-refractivity contribution in [1.82, 2.24) is 5.32 Å². The molecule has 4 heteroatoms. The molecule has 2 aromatic rings. The van der Waals surface area contributed by atoms with E-state index in [1.165, 1.54) is 5.56 Å². The second kappa shape index (κ2) is 4.76. The predicted octanol–water partition coefficient (Wildman–Crippen LogP) is 4.76. The van der Waals surface area contributed by atoms with E-state index in [0.717, 1.165) is 11.1 Å². The second-order valence-corrected chi connectivity index (χ2v) is 6.20. The Hall–Kier alpha value is -0.700. The molecule has 1 heterocycles. The normalized spacial score (nSPS) is 12.3. The maximum absolute atomic E-state index is 6.22. The van der Waals surface area contributed by atoms with Gasteiger partial charge in [-0.05, 0) is 24.6 Å².